The number of likely N-dealkylation sites (N-methyl/N-ethyl adjacent to an activating group) is 1. The Kier molecular flexibility index (Phi) is 4.68. The van der Waals surface area contributed by atoms with E-state index in [4.69, 9.17) is 23.8 Å². The Morgan fingerprint density at radius 2 is 1.78 bits per heavy atom. The maximum absolute atomic E-state index is 11.9. The van der Waals surface area contributed by atoms with Crippen LogP contribution in [-0.4, -0.2) is 63.6 Å². The van der Waals surface area contributed by atoms with Crippen molar-refractivity contribution in [2.45, 2.75) is 31.5 Å². The van der Waals surface area contributed by atoms with Crippen molar-refractivity contribution in [3.05, 3.63) is 0 Å². The lowest BCUT2D eigenvalue weighted by Gasteiger charge is -2.48. The first-order valence-electron chi connectivity index (χ1n) is 5.57. The molecule has 0 aromatic heterocycles. The molecule has 0 bridgehead atoms. The van der Waals surface area contributed by atoms with Gasteiger partial charge in [0, 0.05) is 21.3 Å². The number of hydrogen-bond donors (Lipinski definition) is 0. The van der Waals surface area contributed by atoms with Crippen molar-refractivity contribution in [1.29, 1.82) is 0 Å². The van der Waals surface area contributed by atoms with Crippen LogP contribution in [0.5, 0.6) is 0 Å². The fourth-order valence-corrected chi connectivity index (χ4v) is 1.67. The maximum Gasteiger partial charge on any atom is 0.277 e. The molecule has 0 aliphatic carbocycles. The highest BCUT2D eigenvalue weighted by molar-refractivity contribution is 5.80. The molecular formula is C11H21NO6. The van der Waals surface area contributed by atoms with E-state index in [1.165, 1.54) is 28.4 Å². The highest BCUT2D eigenvalue weighted by Crippen LogP contribution is 2.36. The van der Waals surface area contributed by atoms with Crippen LogP contribution in [0.15, 0.2) is 0 Å². The molecular weight excluding hydrogens is 242 g/mol. The minimum Gasteiger partial charge on any atom is -0.349 e. The molecule has 1 fully saturated rings. The molecule has 106 valence electrons. The molecule has 0 spiro atoms. The molecule has 1 rings (SSSR count). The summed E-state index contributed by atoms with van der Waals surface area (Å²) in [5, 5.41) is 1.08. The van der Waals surface area contributed by atoms with Gasteiger partial charge >= 0.3 is 0 Å². The molecule has 18 heavy (non-hydrogen) atoms. The number of hydroxylamine groups is 2. The van der Waals surface area contributed by atoms with Gasteiger partial charge in [-0.15, -0.1) is 0 Å². The number of rotatable bonds is 4. The van der Waals surface area contributed by atoms with Gasteiger partial charge in [0.05, 0.1) is 13.7 Å². The monoisotopic (exact) mass is 263 g/mol. The lowest BCUT2D eigenvalue weighted by atomic mass is 10.1. The third kappa shape index (κ3) is 2.50. The summed E-state index contributed by atoms with van der Waals surface area (Å²) in [4.78, 5) is 16.8. The average molecular weight is 263 g/mol. The summed E-state index contributed by atoms with van der Waals surface area (Å²) in [5.41, 5.74) is 0. The minimum absolute atomic E-state index is 0.0653. The fraction of sp³-hybridized carbons (Fsp3) is 0.909. The molecule has 1 aliphatic heterocycles. The van der Waals surface area contributed by atoms with E-state index in [2.05, 4.69) is 0 Å². The standard InChI is InChI=1S/C11H21NO6/c1-10(14-4)11(2,15-5)18-8(7-17-10)9(13)12(3)16-6/h8H,7H2,1-6H3/t8-,10+,11+/m0/s1. The molecule has 0 saturated carbocycles. The lowest BCUT2D eigenvalue weighted by molar-refractivity contribution is -0.427. The van der Waals surface area contributed by atoms with Crippen molar-refractivity contribution in [1.82, 2.24) is 5.06 Å². The van der Waals surface area contributed by atoms with Gasteiger partial charge in [0.25, 0.3) is 5.91 Å². The third-order valence-electron chi connectivity index (χ3n) is 3.34. The highest BCUT2D eigenvalue weighted by Gasteiger charge is 2.55. The Bertz CT molecular complexity index is 312. The summed E-state index contributed by atoms with van der Waals surface area (Å²) >= 11 is 0. The van der Waals surface area contributed by atoms with Gasteiger partial charge in [0.15, 0.2) is 6.10 Å². The molecule has 1 saturated heterocycles. The minimum atomic E-state index is -1.19. The largest absolute Gasteiger partial charge is 0.349 e. The lowest BCUT2D eigenvalue weighted by Crippen LogP contribution is -2.64. The van der Waals surface area contributed by atoms with E-state index in [0.29, 0.717) is 0 Å². The molecule has 0 aromatic carbocycles. The van der Waals surface area contributed by atoms with Gasteiger partial charge < -0.3 is 18.9 Å². The van der Waals surface area contributed by atoms with Crippen LogP contribution in [0.1, 0.15) is 13.8 Å². The number of carbonyl (C=O) groups is 1. The molecule has 0 unspecified atom stereocenters. The SMILES string of the molecule is CON(C)C(=O)[C@@H]1CO[C@@](C)(OC)[C@](C)(OC)O1. The zero-order valence-corrected chi connectivity index (χ0v) is 11.7. The second-order valence-corrected chi connectivity index (χ2v) is 4.24. The molecule has 0 N–H and O–H groups in total. The smallest absolute Gasteiger partial charge is 0.277 e. The van der Waals surface area contributed by atoms with E-state index >= 15 is 0 Å². The third-order valence-corrected chi connectivity index (χ3v) is 3.34. The van der Waals surface area contributed by atoms with Crippen LogP contribution in [-0.2, 0) is 28.6 Å². The van der Waals surface area contributed by atoms with Crippen LogP contribution in [0.4, 0.5) is 0 Å². The van der Waals surface area contributed by atoms with Crippen molar-refractivity contribution in [2.75, 3.05) is 35.0 Å². The van der Waals surface area contributed by atoms with Crippen molar-refractivity contribution in [2.24, 2.45) is 0 Å². The maximum atomic E-state index is 11.9. The topological polar surface area (TPSA) is 66.5 Å². The van der Waals surface area contributed by atoms with E-state index in [1.54, 1.807) is 13.8 Å². The van der Waals surface area contributed by atoms with Crippen LogP contribution in [0.2, 0.25) is 0 Å². The molecule has 3 atom stereocenters. The quantitative estimate of drug-likeness (QED) is 0.672. The number of nitrogens with zero attached hydrogens (tertiary/aromatic N) is 1. The van der Waals surface area contributed by atoms with Crippen LogP contribution in [0.3, 0.4) is 0 Å². The van der Waals surface area contributed by atoms with Crippen molar-refractivity contribution in [3.8, 4) is 0 Å². The van der Waals surface area contributed by atoms with Crippen molar-refractivity contribution >= 4 is 5.91 Å². The summed E-state index contributed by atoms with van der Waals surface area (Å²) < 4.78 is 21.8. The number of hydrogen-bond acceptors (Lipinski definition) is 6. The molecule has 7 heteroatoms. The van der Waals surface area contributed by atoms with Crippen LogP contribution >= 0.6 is 0 Å². The Balaban J connectivity index is 2.85. The predicted octanol–water partition coefficient (Wildman–Crippen LogP) is 0.147. The summed E-state index contributed by atoms with van der Waals surface area (Å²) in [7, 11) is 5.86. The summed E-state index contributed by atoms with van der Waals surface area (Å²) in [6, 6.07) is 0. The fourth-order valence-electron chi connectivity index (χ4n) is 1.67. The van der Waals surface area contributed by atoms with Gasteiger partial charge in [-0.25, -0.2) is 5.06 Å². The van der Waals surface area contributed by atoms with E-state index in [9.17, 15) is 4.79 Å². The summed E-state index contributed by atoms with van der Waals surface area (Å²) in [6.07, 6.45) is -0.803. The summed E-state index contributed by atoms with van der Waals surface area (Å²) in [6.45, 7) is 3.41. The second-order valence-electron chi connectivity index (χ2n) is 4.24. The Morgan fingerprint density at radius 1 is 1.22 bits per heavy atom. The highest BCUT2D eigenvalue weighted by atomic mass is 16.8. The van der Waals surface area contributed by atoms with Gasteiger partial charge in [-0.1, -0.05) is 0 Å². The van der Waals surface area contributed by atoms with Gasteiger partial charge in [0.1, 0.15) is 0 Å². The number of methoxy groups -OCH3 is 2. The van der Waals surface area contributed by atoms with E-state index in [1.807, 2.05) is 0 Å². The van der Waals surface area contributed by atoms with Crippen LogP contribution in [0.25, 0.3) is 0 Å². The Labute approximate surface area is 107 Å². The molecule has 0 radical (unpaired) electrons. The Hall–Kier alpha value is -0.730. The molecule has 0 aromatic rings. The Morgan fingerprint density at radius 3 is 2.22 bits per heavy atom. The zero-order valence-electron chi connectivity index (χ0n) is 11.7. The molecule has 7 nitrogen and oxygen atoms in total. The van der Waals surface area contributed by atoms with E-state index in [-0.39, 0.29) is 12.5 Å². The second kappa shape index (κ2) is 5.50. The normalized spacial score (nSPS) is 36.4. The molecule has 1 aliphatic rings. The molecule has 1 amide bonds. The van der Waals surface area contributed by atoms with E-state index in [0.717, 1.165) is 5.06 Å². The molecule has 1 heterocycles. The number of amides is 1. The first kappa shape index (κ1) is 15.3. The van der Waals surface area contributed by atoms with Gasteiger partial charge in [0.2, 0.25) is 11.6 Å². The zero-order chi connectivity index (χ0) is 14.0. The van der Waals surface area contributed by atoms with Gasteiger partial charge in [-0.05, 0) is 13.8 Å². The van der Waals surface area contributed by atoms with Gasteiger partial charge in [-0.2, -0.15) is 0 Å². The van der Waals surface area contributed by atoms with Crippen LogP contribution < -0.4 is 0 Å². The summed E-state index contributed by atoms with van der Waals surface area (Å²) in [5.74, 6) is -2.61. The number of ether oxygens (including phenoxy) is 4. The average Bonchev–Trinajstić information content (AvgIpc) is 2.40. The van der Waals surface area contributed by atoms with Crippen molar-refractivity contribution < 1.29 is 28.6 Å². The predicted molar refractivity (Wildman–Crippen MR) is 61.4 cm³/mol. The van der Waals surface area contributed by atoms with Crippen molar-refractivity contribution in [3.63, 3.8) is 0 Å². The van der Waals surface area contributed by atoms with Crippen LogP contribution in [0, 0.1) is 0 Å². The van der Waals surface area contributed by atoms with Gasteiger partial charge in [-0.3, -0.25) is 9.63 Å². The van der Waals surface area contributed by atoms with E-state index < -0.39 is 17.7 Å². The number of carbonyl (C=O) groups excluding carboxylic acids is 1. The first-order chi connectivity index (χ1) is 8.33. The first-order valence-corrected chi connectivity index (χ1v) is 5.57.